The van der Waals surface area contributed by atoms with Gasteiger partial charge in [-0.2, -0.15) is 0 Å². The number of aromatic hydroxyl groups is 1. The fourth-order valence-corrected chi connectivity index (χ4v) is 3.63. The lowest BCUT2D eigenvalue weighted by atomic mass is 9.88. The van der Waals surface area contributed by atoms with Crippen LogP contribution in [0.3, 0.4) is 0 Å². The monoisotopic (exact) mass is 340 g/mol. The van der Waals surface area contributed by atoms with Crippen LogP contribution in [0.5, 0.6) is 28.7 Å². The Morgan fingerprint density at radius 1 is 1.28 bits per heavy atom. The average molecular weight is 340 g/mol. The maximum atomic E-state index is 10.4. The van der Waals surface area contributed by atoms with Gasteiger partial charge >= 0.3 is 0 Å². The largest absolute Gasteiger partial charge is 0.508 e. The van der Waals surface area contributed by atoms with Crippen LogP contribution >= 0.6 is 0 Å². The van der Waals surface area contributed by atoms with Crippen LogP contribution in [0.15, 0.2) is 36.9 Å². The van der Waals surface area contributed by atoms with Gasteiger partial charge in [-0.05, 0) is 24.1 Å². The van der Waals surface area contributed by atoms with Crippen LogP contribution in [0.4, 0.5) is 0 Å². The molecule has 0 saturated carbocycles. The highest BCUT2D eigenvalue weighted by Gasteiger charge is 2.38. The van der Waals surface area contributed by atoms with Gasteiger partial charge in [-0.1, -0.05) is 19.1 Å². The van der Waals surface area contributed by atoms with E-state index in [-0.39, 0.29) is 24.6 Å². The van der Waals surface area contributed by atoms with E-state index < -0.39 is 0 Å². The zero-order valence-electron chi connectivity index (χ0n) is 14.2. The summed E-state index contributed by atoms with van der Waals surface area (Å²) in [6.45, 7) is 6.12. The first-order valence-corrected chi connectivity index (χ1v) is 8.23. The molecule has 2 atom stereocenters. The molecular weight excluding hydrogens is 320 g/mol. The van der Waals surface area contributed by atoms with Gasteiger partial charge in [0.25, 0.3) is 0 Å². The number of hydrogen-bond donors (Lipinski definition) is 1. The number of phenolic OH excluding ortho intramolecular Hbond substituents is 1. The molecular formula is C20H20O5. The predicted octanol–water partition coefficient (Wildman–Crippen LogP) is 4.10. The molecule has 5 nitrogen and oxygen atoms in total. The van der Waals surface area contributed by atoms with Crippen LogP contribution < -0.4 is 18.9 Å². The normalized spacial score (nSPS) is 20.1. The molecule has 130 valence electrons. The van der Waals surface area contributed by atoms with E-state index in [1.54, 1.807) is 19.3 Å². The lowest BCUT2D eigenvalue weighted by Gasteiger charge is -2.17. The molecule has 0 unspecified atom stereocenters. The molecule has 2 aliphatic heterocycles. The Labute approximate surface area is 146 Å². The number of benzene rings is 2. The topological polar surface area (TPSA) is 57.2 Å². The van der Waals surface area contributed by atoms with Crippen molar-refractivity contribution in [1.29, 1.82) is 0 Å². The summed E-state index contributed by atoms with van der Waals surface area (Å²) in [5, 5.41) is 10.4. The maximum absolute atomic E-state index is 10.4. The Morgan fingerprint density at radius 3 is 2.84 bits per heavy atom. The minimum absolute atomic E-state index is 0.0475. The van der Waals surface area contributed by atoms with Crippen molar-refractivity contribution >= 4 is 0 Å². The summed E-state index contributed by atoms with van der Waals surface area (Å²) in [4.78, 5) is 0. The van der Waals surface area contributed by atoms with Crippen molar-refractivity contribution in [2.24, 2.45) is 0 Å². The molecule has 25 heavy (non-hydrogen) atoms. The number of hydrogen-bond acceptors (Lipinski definition) is 5. The van der Waals surface area contributed by atoms with Crippen LogP contribution in [0.1, 0.15) is 35.6 Å². The van der Waals surface area contributed by atoms with Crippen molar-refractivity contribution in [3.8, 4) is 28.7 Å². The number of phenols is 1. The van der Waals surface area contributed by atoms with Crippen LogP contribution in [-0.2, 0) is 6.42 Å². The second kappa shape index (κ2) is 5.92. The first-order valence-electron chi connectivity index (χ1n) is 8.23. The third-order valence-corrected chi connectivity index (χ3v) is 4.82. The van der Waals surface area contributed by atoms with E-state index >= 15 is 0 Å². The van der Waals surface area contributed by atoms with E-state index in [4.69, 9.17) is 18.9 Å². The number of rotatable bonds is 4. The minimum atomic E-state index is -0.191. The molecule has 4 rings (SSSR count). The Balaban J connectivity index is 1.79. The second-order valence-corrected chi connectivity index (χ2v) is 6.25. The van der Waals surface area contributed by atoms with Crippen LogP contribution in [-0.4, -0.2) is 19.0 Å². The molecule has 2 aromatic carbocycles. The lowest BCUT2D eigenvalue weighted by molar-refractivity contribution is 0.173. The van der Waals surface area contributed by atoms with Crippen molar-refractivity contribution in [2.45, 2.75) is 25.4 Å². The van der Waals surface area contributed by atoms with E-state index in [0.29, 0.717) is 17.9 Å². The molecule has 0 amide bonds. The van der Waals surface area contributed by atoms with Gasteiger partial charge in [-0.15, -0.1) is 6.58 Å². The third kappa shape index (κ3) is 2.38. The van der Waals surface area contributed by atoms with E-state index in [1.165, 1.54) is 0 Å². The van der Waals surface area contributed by atoms with Crippen LogP contribution in [0, 0.1) is 0 Å². The fraction of sp³-hybridized carbons (Fsp3) is 0.300. The Bertz CT molecular complexity index is 842. The number of methoxy groups -OCH3 is 1. The smallest absolute Gasteiger partial charge is 0.231 e. The summed E-state index contributed by atoms with van der Waals surface area (Å²) < 4.78 is 22.5. The molecule has 0 radical (unpaired) electrons. The Morgan fingerprint density at radius 2 is 2.08 bits per heavy atom. The van der Waals surface area contributed by atoms with Gasteiger partial charge in [0.2, 0.25) is 6.79 Å². The van der Waals surface area contributed by atoms with E-state index in [2.05, 4.69) is 13.5 Å². The molecule has 1 N–H and O–H groups in total. The highest BCUT2D eigenvalue weighted by atomic mass is 16.7. The van der Waals surface area contributed by atoms with E-state index in [0.717, 1.165) is 28.2 Å². The van der Waals surface area contributed by atoms with Gasteiger partial charge < -0.3 is 24.1 Å². The summed E-state index contributed by atoms with van der Waals surface area (Å²) in [6, 6.07) is 7.44. The average Bonchev–Trinajstić information content (AvgIpc) is 3.21. The highest BCUT2D eigenvalue weighted by molar-refractivity contribution is 5.62. The van der Waals surface area contributed by atoms with E-state index in [9.17, 15) is 5.11 Å². The highest BCUT2D eigenvalue weighted by Crippen LogP contribution is 2.54. The van der Waals surface area contributed by atoms with Crippen LogP contribution in [0.25, 0.3) is 0 Å². The lowest BCUT2D eigenvalue weighted by Crippen LogP contribution is -2.07. The van der Waals surface area contributed by atoms with Gasteiger partial charge in [0, 0.05) is 23.1 Å². The SMILES string of the molecule is C=CCc1c(O)cc(OC)c2c1[C@H](C)[C@@H](c1ccc3c(c1)OCO3)O2. The molecule has 2 aromatic rings. The molecule has 2 heterocycles. The molecule has 2 aliphatic rings. The van der Waals surface area contributed by atoms with Gasteiger partial charge in [0.05, 0.1) is 7.11 Å². The summed E-state index contributed by atoms with van der Waals surface area (Å²) >= 11 is 0. The van der Waals surface area contributed by atoms with Gasteiger partial charge in [0.15, 0.2) is 23.0 Å². The molecule has 0 spiro atoms. The summed E-state index contributed by atoms with van der Waals surface area (Å²) in [5.74, 6) is 2.95. The zero-order chi connectivity index (χ0) is 17.6. The molecule has 0 bridgehead atoms. The van der Waals surface area contributed by atoms with Gasteiger partial charge in [0.1, 0.15) is 11.9 Å². The standard InChI is InChI=1S/C20H20O5/c1-4-5-13-14(21)9-17(22-3)20-18(13)11(2)19(25-20)12-6-7-15-16(8-12)24-10-23-15/h4,6-9,11,19,21H,1,5,10H2,2-3H3/t11-,19-/m0/s1. The van der Waals surface area contributed by atoms with Crippen molar-refractivity contribution in [2.75, 3.05) is 13.9 Å². The van der Waals surface area contributed by atoms with E-state index in [1.807, 2.05) is 18.2 Å². The minimum Gasteiger partial charge on any atom is -0.508 e. The second-order valence-electron chi connectivity index (χ2n) is 6.25. The number of ether oxygens (including phenoxy) is 4. The van der Waals surface area contributed by atoms with Crippen LogP contribution in [0.2, 0.25) is 0 Å². The van der Waals surface area contributed by atoms with Crippen molar-refractivity contribution in [3.05, 3.63) is 53.6 Å². The number of fused-ring (bicyclic) bond motifs is 2. The van der Waals surface area contributed by atoms with Crippen molar-refractivity contribution < 1.29 is 24.1 Å². The van der Waals surface area contributed by atoms with Crippen molar-refractivity contribution in [3.63, 3.8) is 0 Å². The first kappa shape index (κ1) is 15.7. The summed E-state index contributed by atoms with van der Waals surface area (Å²) in [7, 11) is 1.57. The fourth-order valence-electron chi connectivity index (χ4n) is 3.63. The third-order valence-electron chi connectivity index (χ3n) is 4.82. The summed E-state index contributed by atoms with van der Waals surface area (Å²) in [6.07, 6.45) is 2.16. The quantitative estimate of drug-likeness (QED) is 0.850. The number of allylic oxidation sites excluding steroid dienone is 1. The predicted molar refractivity (Wildman–Crippen MR) is 92.9 cm³/mol. The first-order chi connectivity index (χ1) is 12.1. The molecule has 0 saturated heterocycles. The zero-order valence-corrected chi connectivity index (χ0v) is 14.2. The molecule has 0 fully saturated rings. The Kier molecular flexibility index (Phi) is 3.71. The summed E-state index contributed by atoms with van der Waals surface area (Å²) in [5.41, 5.74) is 2.81. The van der Waals surface area contributed by atoms with Crippen molar-refractivity contribution in [1.82, 2.24) is 0 Å². The van der Waals surface area contributed by atoms with Gasteiger partial charge in [-0.25, -0.2) is 0 Å². The molecule has 5 heteroatoms. The maximum Gasteiger partial charge on any atom is 0.231 e. The molecule has 0 aliphatic carbocycles. The Hall–Kier alpha value is -2.82. The van der Waals surface area contributed by atoms with Gasteiger partial charge in [-0.3, -0.25) is 0 Å². The molecule has 0 aromatic heterocycles.